The van der Waals surface area contributed by atoms with Crippen LogP contribution in [-0.2, 0) is 0 Å². The number of aliphatic hydroxyl groups excluding tert-OH is 1. The van der Waals surface area contributed by atoms with Crippen LogP contribution in [0.1, 0.15) is 63.7 Å². The highest BCUT2D eigenvalue weighted by Gasteiger charge is 2.08. The number of carboxylic acids is 1. The van der Waals surface area contributed by atoms with Crippen molar-refractivity contribution in [2.75, 3.05) is 18.9 Å². The molecule has 0 heterocycles. The number of nitrogens with two attached hydrogens (primary N) is 1. The quantitative estimate of drug-likeness (QED) is 0.310. The SMILES string of the molecule is CC(C)=CCCC(C)=CCCC(C)=CCSc1ccccc1C(=O)O.NCCO. The molecule has 0 fully saturated rings. The number of carbonyl (C=O) groups is 1. The van der Waals surface area contributed by atoms with E-state index in [-0.39, 0.29) is 6.61 Å². The first-order valence-corrected chi connectivity index (χ1v) is 11.0. The van der Waals surface area contributed by atoms with Crippen LogP contribution in [0.5, 0.6) is 0 Å². The van der Waals surface area contributed by atoms with Crippen LogP contribution in [-0.4, -0.2) is 35.1 Å². The average molecular weight is 420 g/mol. The molecular formula is C24H37NO3S. The molecule has 0 amide bonds. The Balaban J connectivity index is 0.00000178. The predicted octanol–water partition coefficient (Wildman–Crippen LogP) is 5.83. The largest absolute Gasteiger partial charge is 0.478 e. The fourth-order valence-electron chi connectivity index (χ4n) is 2.38. The fourth-order valence-corrected chi connectivity index (χ4v) is 3.41. The van der Waals surface area contributed by atoms with Gasteiger partial charge >= 0.3 is 5.97 Å². The van der Waals surface area contributed by atoms with Gasteiger partial charge in [-0.15, -0.1) is 11.8 Å². The minimum atomic E-state index is -0.863. The Kier molecular flexibility index (Phi) is 16.0. The molecule has 4 N–H and O–H groups in total. The van der Waals surface area contributed by atoms with E-state index in [2.05, 4.69) is 45.9 Å². The van der Waals surface area contributed by atoms with E-state index in [1.54, 1.807) is 23.9 Å². The van der Waals surface area contributed by atoms with Crippen LogP contribution in [0, 0.1) is 0 Å². The Hall–Kier alpha value is -1.82. The Morgan fingerprint density at radius 1 is 1.00 bits per heavy atom. The second-order valence-corrected chi connectivity index (χ2v) is 8.15. The van der Waals surface area contributed by atoms with Crippen LogP contribution in [0.2, 0.25) is 0 Å². The standard InChI is InChI=1S/C22H30O2S.C2H7NO/c1-17(2)9-7-10-18(3)11-8-12-19(4)15-16-25-21-14-6-5-13-20(21)22(23)24;3-1-2-4/h5-6,9,11,13-15H,7-8,10,12,16H2,1-4H3,(H,23,24);4H,1-3H2. The Labute approximate surface area is 180 Å². The molecule has 1 aromatic carbocycles. The van der Waals surface area contributed by atoms with Crippen LogP contribution in [0.15, 0.2) is 64.1 Å². The molecule has 0 spiro atoms. The van der Waals surface area contributed by atoms with Crippen molar-refractivity contribution in [3.05, 3.63) is 64.8 Å². The van der Waals surface area contributed by atoms with E-state index < -0.39 is 5.97 Å². The lowest BCUT2D eigenvalue weighted by atomic mass is 10.1. The van der Waals surface area contributed by atoms with Crippen molar-refractivity contribution in [2.45, 2.75) is 58.3 Å². The van der Waals surface area contributed by atoms with Gasteiger partial charge in [-0.1, -0.05) is 47.1 Å². The zero-order valence-electron chi connectivity index (χ0n) is 18.3. The molecule has 0 aliphatic rings. The molecule has 0 saturated carbocycles. The first kappa shape index (κ1) is 27.2. The van der Waals surface area contributed by atoms with E-state index in [4.69, 9.17) is 10.8 Å². The van der Waals surface area contributed by atoms with Gasteiger partial charge in [-0.25, -0.2) is 4.79 Å². The first-order chi connectivity index (χ1) is 13.8. The highest BCUT2D eigenvalue weighted by atomic mass is 32.2. The molecule has 0 aliphatic heterocycles. The molecule has 0 unspecified atom stereocenters. The summed E-state index contributed by atoms with van der Waals surface area (Å²) in [7, 11) is 0. The molecule has 4 nitrogen and oxygen atoms in total. The molecule has 0 saturated heterocycles. The average Bonchev–Trinajstić information content (AvgIpc) is 2.68. The second-order valence-electron chi connectivity index (χ2n) is 7.08. The van der Waals surface area contributed by atoms with Crippen molar-refractivity contribution in [3.8, 4) is 0 Å². The van der Waals surface area contributed by atoms with Crippen molar-refractivity contribution in [2.24, 2.45) is 5.73 Å². The molecule has 0 atom stereocenters. The number of hydrogen-bond acceptors (Lipinski definition) is 4. The fraction of sp³-hybridized carbons (Fsp3) is 0.458. The van der Waals surface area contributed by atoms with E-state index in [1.807, 2.05) is 12.1 Å². The third-order valence-corrected chi connectivity index (χ3v) is 5.04. The van der Waals surface area contributed by atoms with E-state index in [1.165, 1.54) is 16.7 Å². The lowest BCUT2D eigenvalue weighted by Gasteiger charge is -2.04. The number of aromatic carboxylic acids is 1. The van der Waals surface area contributed by atoms with Crippen molar-refractivity contribution in [3.63, 3.8) is 0 Å². The Bertz CT molecular complexity index is 687. The topological polar surface area (TPSA) is 83.5 Å². The zero-order chi connectivity index (χ0) is 22.1. The summed E-state index contributed by atoms with van der Waals surface area (Å²) in [5, 5.41) is 16.9. The number of aliphatic hydroxyl groups is 1. The number of thioether (sulfide) groups is 1. The summed E-state index contributed by atoms with van der Waals surface area (Å²) in [6, 6.07) is 7.18. The van der Waals surface area contributed by atoms with E-state index in [0.717, 1.165) is 36.3 Å². The van der Waals surface area contributed by atoms with Crippen LogP contribution < -0.4 is 5.73 Å². The molecule has 0 aromatic heterocycles. The smallest absolute Gasteiger partial charge is 0.336 e. The third kappa shape index (κ3) is 14.8. The molecule has 0 bridgehead atoms. The summed E-state index contributed by atoms with van der Waals surface area (Å²) in [6.07, 6.45) is 11.2. The van der Waals surface area contributed by atoms with Gasteiger partial charge in [-0.05, 0) is 65.5 Å². The number of carboxylic acid groups (broad SMARTS) is 1. The highest BCUT2D eigenvalue weighted by molar-refractivity contribution is 7.99. The van der Waals surface area contributed by atoms with Gasteiger partial charge in [0.2, 0.25) is 0 Å². The van der Waals surface area contributed by atoms with E-state index >= 15 is 0 Å². The van der Waals surface area contributed by atoms with Crippen LogP contribution in [0.25, 0.3) is 0 Å². The van der Waals surface area contributed by atoms with Gasteiger partial charge in [-0.3, -0.25) is 0 Å². The highest BCUT2D eigenvalue weighted by Crippen LogP contribution is 2.23. The van der Waals surface area contributed by atoms with Gasteiger partial charge in [0.05, 0.1) is 12.2 Å². The van der Waals surface area contributed by atoms with E-state index in [9.17, 15) is 9.90 Å². The maximum atomic E-state index is 11.2. The van der Waals surface area contributed by atoms with Gasteiger partial charge in [0.15, 0.2) is 0 Å². The number of rotatable bonds is 11. The molecule has 0 radical (unpaired) electrons. The minimum Gasteiger partial charge on any atom is -0.478 e. The summed E-state index contributed by atoms with van der Waals surface area (Å²) < 4.78 is 0. The number of benzene rings is 1. The van der Waals surface area contributed by atoms with Gasteiger partial charge in [0.25, 0.3) is 0 Å². The first-order valence-electron chi connectivity index (χ1n) is 10.0. The van der Waals surface area contributed by atoms with E-state index in [0.29, 0.717) is 12.1 Å². The molecule has 5 heteroatoms. The molecule has 162 valence electrons. The minimum absolute atomic E-state index is 0.0972. The van der Waals surface area contributed by atoms with Crippen molar-refractivity contribution in [1.82, 2.24) is 0 Å². The summed E-state index contributed by atoms with van der Waals surface area (Å²) in [5.74, 6) is -0.0584. The monoisotopic (exact) mass is 419 g/mol. The molecular weight excluding hydrogens is 382 g/mol. The number of hydrogen-bond donors (Lipinski definition) is 3. The molecule has 1 rings (SSSR count). The number of allylic oxidation sites excluding steroid dienone is 5. The summed E-state index contributed by atoms with van der Waals surface area (Å²) in [4.78, 5) is 12.0. The maximum absolute atomic E-state index is 11.2. The van der Waals surface area contributed by atoms with Crippen LogP contribution in [0.4, 0.5) is 0 Å². The Morgan fingerprint density at radius 2 is 1.55 bits per heavy atom. The lowest BCUT2D eigenvalue weighted by Crippen LogP contribution is -2.02. The second kappa shape index (κ2) is 17.1. The Morgan fingerprint density at radius 3 is 2.10 bits per heavy atom. The third-order valence-electron chi connectivity index (χ3n) is 4.04. The summed E-state index contributed by atoms with van der Waals surface area (Å²) in [5.41, 5.74) is 9.35. The maximum Gasteiger partial charge on any atom is 0.336 e. The predicted molar refractivity (Wildman–Crippen MR) is 126 cm³/mol. The van der Waals surface area contributed by atoms with Crippen LogP contribution >= 0.6 is 11.8 Å². The molecule has 29 heavy (non-hydrogen) atoms. The van der Waals surface area contributed by atoms with Crippen molar-refractivity contribution < 1.29 is 15.0 Å². The van der Waals surface area contributed by atoms with Gasteiger partial charge < -0.3 is 15.9 Å². The molecule has 1 aromatic rings. The molecule has 0 aliphatic carbocycles. The normalized spacial score (nSPS) is 11.5. The van der Waals surface area contributed by atoms with Crippen molar-refractivity contribution >= 4 is 17.7 Å². The summed E-state index contributed by atoms with van der Waals surface area (Å²) in [6.45, 7) is 9.10. The van der Waals surface area contributed by atoms with Gasteiger partial charge in [0, 0.05) is 17.2 Å². The summed E-state index contributed by atoms with van der Waals surface area (Å²) >= 11 is 1.58. The van der Waals surface area contributed by atoms with Crippen molar-refractivity contribution in [1.29, 1.82) is 0 Å². The lowest BCUT2D eigenvalue weighted by molar-refractivity contribution is 0.0693. The van der Waals surface area contributed by atoms with Gasteiger partial charge in [-0.2, -0.15) is 0 Å². The zero-order valence-corrected chi connectivity index (χ0v) is 19.1. The van der Waals surface area contributed by atoms with Gasteiger partial charge in [0.1, 0.15) is 0 Å². The van der Waals surface area contributed by atoms with Crippen LogP contribution in [0.3, 0.4) is 0 Å².